The highest BCUT2D eigenvalue weighted by Gasteiger charge is 2.38. The number of anilines is 2. The van der Waals surface area contributed by atoms with Crippen LogP contribution in [0.2, 0.25) is 0 Å². The summed E-state index contributed by atoms with van der Waals surface area (Å²) in [4.78, 5) is 17.1. The van der Waals surface area contributed by atoms with Crippen LogP contribution in [0.15, 0.2) is 54.6 Å². The number of hydrogen-bond acceptors (Lipinski definition) is 5. The average molecular weight is 416 g/mol. The maximum absolute atomic E-state index is 13.1. The summed E-state index contributed by atoms with van der Waals surface area (Å²) in [5, 5.41) is 0. The number of sulfonamides is 1. The molecule has 2 aromatic carbocycles. The summed E-state index contributed by atoms with van der Waals surface area (Å²) in [5.74, 6) is 0.235. The number of amides is 1. The van der Waals surface area contributed by atoms with Crippen LogP contribution in [0.5, 0.6) is 5.75 Å². The second-order valence-electron chi connectivity index (χ2n) is 7.15. The topological polar surface area (TPSA) is 70.2 Å². The van der Waals surface area contributed by atoms with Gasteiger partial charge in [-0.1, -0.05) is 30.3 Å². The molecule has 2 aromatic rings. The molecule has 1 unspecified atom stereocenters. The number of ether oxygens (including phenoxy) is 1. The van der Waals surface area contributed by atoms with E-state index >= 15 is 0 Å². The van der Waals surface area contributed by atoms with Gasteiger partial charge in [-0.05, 0) is 31.2 Å². The van der Waals surface area contributed by atoms with Gasteiger partial charge in [-0.2, -0.15) is 0 Å². The Balaban J connectivity index is 1.48. The molecule has 1 saturated heterocycles. The molecule has 1 fully saturated rings. The van der Waals surface area contributed by atoms with Crippen molar-refractivity contribution in [2.24, 2.45) is 0 Å². The Morgan fingerprint density at radius 3 is 2.34 bits per heavy atom. The standard InChI is InChI=1S/C21H25N3O4S/c1-2-29(26,27)24-16-20(28-19-11-7-6-10-18(19)24)21(25)23-14-12-22(13-15-23)17-8-4-3-5-9-17/h3-11,20H,2,12-16H2,1H3. The minimum absolute atomic E-state index is 0.00488. The first-order chi connectivity index (χ1) is 14.0. The van der Waals surface area contributed by atoms with Gasteiger partial charge >= 0.3 is 0 Å². The number of piperazine rings is 1. The molecule has 29 heavy (non-hydrogen) atoms. The molecule has 0 N–H and O–H groups in total. The monoisotopic (exact) mass is 415 g/mol. The fraction of sp³-hybridized carbons (Fsp3) is 0.381. The molecule has 0 bridgehead atoms. The summed E-state index contributed by atoms with van der Waals surface area (Å²) in [7, 11) is -3.50. The minimum Gasteiger partial charge on any atom is -0.476 e. The van der Waals surface area contributed by atoms with E-state index in [1.54, 1.807) is 36.1 Å². The quantitative estimate of drug-likeness (QED) is 0.764. The average Bonchev–Trinajstić information content (AvgIpc) is 2.78. The summed E-state index contributed by atoms with van der Waals surface area (Å²) < 4.78 is 32.4. The van der Waals surface area contributed by atoms with E-state index in [4.69, 9.17) is 4.74 Å². The molecule has 1 amide bonds. The Bertz CT molecular complexity index is 972. The molecule has 154 valence electrons. The number of hydrogen-bond donors (Lipinski definition) is 0. The van der Waals surface area contributed by atoms with Crippen LogP contribution in [0.25, 0.3) is 0 Å². The SMILES string of the molecule is CCS(=O)(=O)N1CC(C(=O)N2CCN(c3ccccc3)CC2)Oc2ccccc21. The highest BCUT2D eigenvalue weighted by atomic mass is 32.2. The number of carbonyl (C=O) groups is 1. The minimum atomic E-state index is -3.50. The molecule has 4 rings (SSSR count). The van der Waals surface area contributed by atoms with Crippen LogP contribution in [-0.2, 0) is 14.8 Å². The lowest BCUT2D eigenvalue weighted by molar-refractivity contribution is -0.138. The molecule has 8 heteroatoms. The highest BCUT2D eigenvalue weighted by molar-refractivity contribution is 7.92. The van der Waals surface area contributed by atoms with Crippen LogP contribution in [-0.4, -0.2) is 63.8 Å². The first-order valence-electron chi connectivity index (χ1n) is 9.84. The molecule has 0 saturated carbocycles. The van der Waals surface area contributed by atoms with Crippen LogP contribution in [0, 0.1) is 0 Å². The third kappa shape index (κ3) is 3.89. The summed E-state index contributed by atoms with van der Waals surface area (Å²) in [6, 6.07) is 17.1. The summed E-state index contributed by atoms with van der Waals surface area (Å²) >= 11 is 0. The van der Waals surface area contributed by atoms with E-state index in [2.05, 4.69) is 17.0 Å². The molecule has 0 aromatic heterocycles. The Labute approximate surface area is 171 Å². The molecular formula is C21H25N3O4S. The molecule has 2 aliphatic heterocycles. The first-order valence-corrected chi connectivity index (χ1v) is 11.5. The number of benzene rings is 2. The van der Waals surface area contributed by atoms with Crippen molar-refractivity contribution < 1.29 is 17.9 Å². The van der Waals surface area contributed by atoms with Crippen LogP contribution in [0.3, 0.4) is 0 Å². The van der Waals surface area contributed by atoms with Crippen molar-refractivity contribution in [3.05, 3.63) is 54.6 Å². The van der Waals surface area contributed by atoms with E-state index in [0.717, 1.165) is 18.8 Å². The molecule has 7 nitrogen and oxygen atoms in total. The Hall–Kier alpha value is -2.74. The molecule has 0 radical (unpaired) electrons. The fourth-order valence-corrected chi connectivity index (χ4v) is 4.90. The smallest absolute Gasteiger partial charge is 0.265 e. The third-order valence-corrected chi connectivity index (χ3v) is 7.17. The first kappa shape index (κ1) is 19.6. The van der Waals surface area contributed by atoms with Crippen LogP contribution < -0.4 is 13.9 Å². The molecule has 2 heterocycles. The second-order valence-corrected chi connectivity index (χ2v) is 9.34. The lowest BCUT2D eigenvalue weighted by Crippen LogP contribution is -2.56. The van der Waals surface area contributed by atoms with Gasteiger partial charge in [0.25, 0.3) is 5.91 Å². The summed E-state index contributed by atoms with van der Waals surface area (Å²) in [5.41, 5.74) is 1.63. The zero-order chi connectivity index (χ0) is 20.4. The van der Waals surface area contributed by atoms with E-state index in [1.165, 1.54) is 4.31 Å². The Morgan fingerprint density at radius 1 is 1.00 bits per heavy atom. The lowest BCUT2D eigenvalue weighted by atomic mass is 10.2. The van der Waals surface area contributed by atoms with Gasteiger partial charge in [0.1, 0.15) is 5.75 Å². The molecule has 0 spiro atoms. The number of carbonyl (C=O) groups excluding carboxylic acids is 1. The number of nitrogens with zero attached hydrogens (tertiary/aromatic N) is 3. The Morgan fingerprint density at radius 2 is 1.66 bits per heavy atom. The van der Waals surface area contributed by atoms with E-state index in [-0.39, 0.29) is 18.2 Å². The summed E-state index contributed by atoms with van der Waals surface area (Å²) in [6.07, 6.45) is -0.838. The van der Waals surface area contributed by atoms with Crippen molar-refractivity contribution in [3.63, 3.8) is 0 Å². The van der Waals surface area contributed by atoms with E-state index in [0.29, 0.717) is 24.5 Å². The molecule has 0 aliphatic carbocycles. The van der Waals surface area contributed by atoms with E-state index < -0.39 is 16.1 Å². The number of fused-ring (bicyclic) bond motifs is 1. The van der Waals surface area contributed by atoms with Crippen LogP contribution >= 0.6 is 0 Å². The van der Waals surface area contributed by atoms with Gasteiger partial charge in [0.2, 0.25) is 10.0 Å². The third-order valence-electron chi connectivity index (χ3n) is 5.42. The largest absolute Gasteiger partial charge is 0.476 e. The molecular weight excluding hydrogens is 390 g/mol. The van der Waals surface area contributed by atoms with Gasteiger partial charge in [0.05, 0.1) is 18.0 Å². The van der Waals surface area contributed by atoms with Crippen molar-refractivity contribution in [1.82, 2.24) is 4.90 Å². The fourth-order valence-electron chi connectivity index (χ4n) is 3.78. The van der Waals surface area contributed by atoms with Gasteiger partial charge in [0.15, 0.2) is 6.10 Å². The maximum atomic E-state index is 13.1. The zero-order valence-corrected chi connectivity index (χ0v) is 17.2. The van der Waals surface area contributed by atoms with Gasteiger partial charge in [-0.25, -0.2) is 8.42 Å². The van der Waals surface area contributed by atoms with E-state index in [9.17, 15) is 13.2 Å². The van der Waals surface area contributed by atoms with Crippen molar-refractivity contribution in [3.8, 4) is 5.75 Å². The van der Waals surface area contributed by atoms with Crippen LogP contribution in [0.1, 0.15) is 6.92 Å². The van der Waals surface area contributed by atoms with Crippen molar-refractivity contribution in [2.45, 2.75) is 13.0 Å². The van der Waals surface area contributed by atoms with Crippen molar-refractivity contribution in [1.29, 1.82) is 0 Å². The van der Waals surface area contributed by atoms with Gasteiger partial charge in [0, 0.05) is 31.9 Å². The zero-order valence-electron chi connectivity index (χ0n) is 16.4. The normalized spacial score (nSPS) is 19.5. The molecule has 2 aliphatic rings. The van der Waals surface area contributed by atoms with Gasteiger partial charge in [-0.15, -0.1) is 0 Å². The lowest BCUT2D eigenvalue weighted by Gasteiger charge is -2.40. The Kier molecular flexibility index (Phi) is 5.36. The van der Waals surface area contributed by atoms with Gasteiger partial charge in [-0.3, -0.25) is 9.10 Å². The highest BCUT2D eigenvalue weighted by Crippen LogP contribution is 2.35. The van der Waals surface area contributed by atoms with Gasteiger partial charge < -0.3 is 14.5 Å². The van der Waals surface area contributed by atoms with E-state index in [1.807, 2.05) is 18.2 Å². The van der Waals surface area contributed by atoms with Crippen LogP contribution in [0.4, 0.5) is 11.4 Å². The predicted octanol–water partition coefficient (Wildman–Crippen LogP) is 1.95. The number of rotatable bonds is 4. The van der Waals surface area contributed by atoms with Crippen molar-refractivity contribution >= 4 is 27.3 Å². The maximum Gasteiger partial charge on any atom is 0.265 e. The predicted molar refractivity (Wildman–Crippen MR) is 113 cm³/mol. The summed E-state index contributed by atoms with van der Waals surface area (Å²) in [6.45, 7) is 4.23. The molecule has 1 atom stereocenters. The number of para-hydroxylation sites is 3. The van der Waals surface area contributed by atoms with Crippen molar-refractivity contribution in [2.75, 3.05) is 47.7 Å². The second kappa shape index (κ2) is 7.94.